The Bertz CT molecular complexity index is 1080. The number of amides is 1. The lowest BCUT2D eigenvalue weighted by Crippen LogP contribution is -2.42. The standard InChI is InChI=1S/C15H19NO2.C11H16N6O/c1-11-12(6-9-16-7-2-3-8-16)4-5-13-14(11)10-18-15(13)17;12-7-17(16-13)10-5-4-8(6-14-10)11(18)15-9-2-1-3-9/h4-5H,2-3,6-10H2,1H3;4-7,9,12,16H,1-3,13H2,(H,15,18). The minimum Gasteiger partial charge on any atom is -0.457 e. The van der Waals surface area contributed by atoms with Gasteiger partial charge < -0.3 is 15.0 Å². The topological polar surface area (TPSA) is 137 Å². The van der Waals surface area contributed by atoms with Crippen molar-refractivity contribution in [3.8, 4) is 0 Å². The summed E-state index contributed by atoms with van der Waals surface area (Å²) in [5, 5.41) is 11.3. The molecule has 0 spiro atoms. The number of carbonyl (C=O) groups excluding carboxylic acids is 2. The summed E-state index contributed by atoms with van der Waals surface area (Å²) in [5.41, 5.74) is 7.27. The number of carbonyl (C=O) groups is 2. The molecule has 1 saturated heterocycles. The van der Waals surface area contributed by atoms with E-state index in [-0.39, 0.29) is 11.9 Å². The maximum absolute atomic E-state index is 11.8. The van der Waals surface area contributed by atoms with E-state index in [4.69, 9.17) is 16.0 Å². The molecule has 0 bridgehead atoms. The summed E-state index contributed by atoms with van der Waals surface area (Å²) in [5.74, 6) is 5.38. The molecule has 3 aliphatic rings. The number of cyclic esters (lactones) is 1. The fraction of sp³-hybridized carbons (Fsp3) is 0.462. The molecule has 1 aliphatic carbocycles. The van der Waals surface area contributed by atoms with Gasteiger partial charge in [-0.05, 0) is 87.9 Å². The van der Waals surface area contributed by atoms with Gasteiger partial charge in [0.25, 0.3) is 5.91 Å². The van der Waals surface area contributed by atoms with Crippen molar-refractivity contribution < 1.29 is 14.3 Å². The summed E-state index contributed by atoms with van der Waals surface area (Å²) in [4.78, 5) is 29.9. The van der Waals surface area contributed by atoms with Gasteiger partial charge in [0, 0.05) is 24.3 Å². The summed E-state index contributed by atoms with van der Waals surface area (Å²) in [7, 11) is 0. The molecule has 2 fully saturated rings. The number of hydrogen-bond donors (Lipinski definition) is 4. The third-order valence-corrected chi connectivity index (χ3v) is 7.14. The smallest absolute Gasteiger partial charge is 0.338 e. The van der Waals surface area contributed by atoms with Crippen molar-refractivity contribution in [1.82, 2.24) is 20.7 Å². The normalized spacial score (nSPS) is 16.9. The molecule has 1 amide bonds. The number of rotatable bonds is 8. The van der Waals surface area contributed by atoms with E-state index in [1.54, 1.807) is 12.1 Å². The molecular formula is C26H35N7O3. The van der Waals surface area contributed by atoms with E-state index in [0.717, 1.165) is 43.3 Å². The van der Waals surface area contributed by atoms with Crippen LogP contribution in [0.3, 0.4) is 0 Å². The van der Waals surface area contributed by atoms with Crippen LogP contribution in [0.15, 0.2) is 30.5 Å². The minimum absolute atomic E-state index is 0.110. The maximum Gasteiger partial charge on any atom is 0.338 e. The van der Waals surface area contributed by atoms with Crippen LogP contribution in [0, 0.1) is 12.3 Å². The van der Waals surface area contributed by atoms with Crippen molar-refractivity contribution in [3.05, 3.63) is 58.3 Å². The number of benzene rings is 1. The molecule has 2 aliphatic heterocycles. The Labute approximate surface area is 211 Å². The van der Waals surface area contributed by atoms with Crippen molar-refractivity contribution >= 4 is 24.0 Å². The number of nitrogens with one attached hydrogen (secondary N) is 3. The van der Waals surface area contributed by atoms with Crippen LogP contribution in [0.1, 0.15) is 69.5 Å². The highest BCUT2D eigenvalue weighted by Crippen LogP contribution is 2.26. The van der Waals surface area contributed by atoms with Gasteiger partial charge >= 0.3 is 5.97 Å². The summed E-state index contributed by atoms with van der Waals surface area (Å²) in [6.07, 6.45) is 9.50. The Balaban J connectivity index is 0.000000169. The van der Waals surface area contributed by atoms with Crippen LogP contribution in [0.5, 0.6) is 0 Å². The largest absolute Gasteiger partial charge is 0.457 e. The Hall–Kier alpha value is -3.34. The van der Waals surface area contributed by atoms with Crippen LogP contribution in [0.4, 0.5) is 5.82 Å². The number of nitrogens with two attached hydrogens (primary N) is 1. The predicted molar refractivity (Wildman–Crippen MR) is 138 cm³/mol. The monoisotopic (exact) mass is 493 g/mol. The molecule has 0 atom stereocenters. The highest BCUT2D eigenvalue weighted by Gasteiger charge is 2.24. The van der Waals surface area contributed by atoms with Crippen LogP contribution in [0.25, 0.3) is 0 Å². The quantitative estimate of drug-likeness (QED) is 0.145. The van der Waals surface area contributed by atoms with Crippen molar-refractivity contribution in [2.75, 3.05) is 24.6 Å². The molecule has 2 aromatic rings. The number of hydrogen-bond acceptors (Lipinski definition) is 8. The van der Waals surface area contributed by atoms with E-state index >= 15 is 0 Å². The number of anilines is 1. The van der Waals surface area contributed by atoms with Gasteiger partial charge in [0.05, 0.1) is 11.1 Å². The zero-order chi connectivity index (χ0) is 25.5. The summed E-state index contributed by atoms with van der Waals surface area (Å²) in [6.45, 7) is 6.18. The fourth-order valence-electron chi connectivity index (χ4n) is 4.61. The van der Waals surface area contributed by atoms with Gasteiger partial charge in [-0.1, -0.05) is 6.07 Å². The molecule has 3 heterocycles. The first-order chi connectivity index (χ1) is 17.5. The van der Waals surface area contributed by atoms with Gasteiger partial charge in [-0.25, -0.2) is 14.8 Å². The number of nitrogens with zero attached hydrogens (tertiary/aromatic N) is 3. The Morgan fingerprint density at radius 1 is 1.25 bits per heavy atom. The molecule has 1 aromatic carbocycles. The van der Waals surface area contributed by atoms with Gasteiger partial charge in [-0.3, -0.25) is 16.0 Å². The Kier molecular flexibility index (Phi) is 8.63. The van der Waals surface area contributed by atoms with Crippen molar-refractivity contribution in [2.45, 2.75) is 58.1 Å². The van der Waals surface area contributed by atoms with Crippen LogP contribution < -0.4 is 21.7 Å². The molecule has 0 radical (unpaired) electrons. The second kappa shape index (κ2) is 12.1. The number of pyridine rings is 1. The van der Waals surface area contributed by atoms with Gasteiger partial charge in [0.2, 0.25) is 0 Å². The van der Waals surface area contributed by atoms with Crippen molar-refractivity contribution in [2.24, 2.45) is 5.84 Å². The molecule has 36 heavy (non-hydrogen) atoms. The number of ether oxygens (including phenoxy) is 1. The predicted octanol–water partition coefficient (Wildman–Crippen LogP) is 2.46. The van der Waals surface area contributed by atoms with E-state index in [2.05, 4.69) is 33.7 Å². The fourth-order valence-corrected chi connectivity index (χ4v) is 4.61. The lowest BCUT2D eigenvalue weighted by Gasteiger charge is -2.26. The van der Waals surface area contributed by atoms with Gasteiger partial charge in [0.1, 0.15) is 18.8 Å². The SMILES string of the molecule is Cc1c(CCN2CCCC2)ccc2c1COC2=O.N=CN(NN)c1ccc(C(=O)NC2CCC2)cn1. The van der Waals surface area contributed by atoms with Crippen LogP contribution in [-0.2, 0) is 17.8 Å². The van der Waals surface area contributed by atoms with Gasteiger partial charge in [0.15, 0.2) is 0 Å². The number of fused-ring (bicyclic) bond motifs is 1. The van der Waals surface area contributed by atoms with Crippen LogP contribution >= 0.6 is 0 Å². The van der Waals surface area contributed by atoms with Crippen LogP contribution in [-0.4, -0.2) is 53.8 Å². The average Bonchev–Trinajstić information content (AvgIpc) is 3.53. The van der Waals surface area contributed by atoms with Gasteiger partial charge in [-0.2, -0.15) is 5.53 Å². The number of esters is 1. The highest BCUT2D eigenvalue weighted by molar-refractivity contribution is 5.94. The lowest BCUT2D eigenvalue weighted by atomic mass is 9.93. The molecule has 5 N–H and O–H groups in total. The number of aromatic nitrogens is 1. The third kappa shape index (κ3) is 6.07. The van der Waals surface area contributed by atoms with E-state index < -0.39 is 0 Å². The van der Waals surface area contributed by atoms with E-state index in [1.165, 1.54) is 54.7 Å². The molecule has 1 saturated carbocycles. The molecule has 192 valence electrons. The molecule has 10 heteroatoms. The molecule has 10 nitrogen and oxygen atoms in total. The number of hydrazine groups is 2. The molecule has 0 unspecified atom stereocenters. The minimum atomic E-state index is -0.167. The van der Waals surface area contributed by atoms with E-state index in [9.17, 15) is 9.59 Å². The van der Waals surface area contributed by atoms with Crippen molar-refractivity contribution in [1.29, 1.82) is 5.41 Å². The first-order valence-corrected chi connectivity index (χ1v) is 12.5. The zero-order valence-electron chi connectivity index (χ0n) is 20.8. The zero-order valence-corrected chi connectivity index (χ0v) is 20.8. The first kappa shape index (κ1) is 25.7. The molecule has 5 rings (SSSR count). The highest BCUT2D eigenvalue weighted by atomic mass is 16.5. The van der Waals surface area contributed by atoms with Gasteiger partial charge in [-0.15, -0.1) is 0 Å². The Morgan fingerprint density at radius 2 is 2.03 bits per heavy atom. The van der Waals surface area contributed by atoms with Crippen molar-refractivity contribution in [3.63, 3.8) is 0 Å². The second-order valence-corrected chi connectivity index (χ2v) is 9.39. The number of likely N-dealkylation sites (tertiary alicyclic amines) is 1. The van der Waals surface area contributed by atoms with Crippen LogP contribution in [0.2, 0.25) is 0 Å². The third-order valence-electron chi connectivity index (χ3n) is 7.14. The lowest BCUT2D eigenvalue weighted by molar-refractivity contribution is 0.0534. The average molecular weight is 494 g/mol. The summed E-state index contributed by atoms with van der Waals surface area (Å²) in [6, 6.07) is 7.61. The summed E-state index contributed by atoms with van der Waals surface area (Å²) < 4.78 is 5.09. The van der Waals surface area contributed by atoms with E-state index in [0.29, 0.717) is 24.0 Å². The maximum atomic E-state index is 11.8. The molecule has 1 aromatic heterocycles. The molecular weight excluding hydrogens is 458 g/mol. The summed E-state index contributed by atoms with van der Waals surface area (Å²) >= 11 is 0. The van der Waals surface area contributed by atoms with E-state index in [1.807, 2.05) is 6.07 Å². The first-order valence-electron chi connectivity index (χ1n) is 12.5. The second-order valence-electron chi connectivity index (χ2n) is 9.39. The Morgan fingerprint density at radius 3 is 2.64 bits per heavy atom.